The molecule has 1 aliphatic carbocycles. The number of esters is 1. The van der Waals surface area contributed by atoms with Crippen molar-refractivity contribution in [2.75, 3.05) is 27.9 Å². The molecule has 2 unspecified atom stereocenters. The van der Waals surface area contributed by atoms with E-state index in [-0.39, 0.29) is 60.9 Å². The summed E-state index contributed by atoms with van der Waals surface area (Å²) in [7, 11) is 4.55. The molecule has 4 rings (SSSR count). The number of carbonyl (C=O) groups is 4. The highest BCUT2D eigenvalue weighted by atomic mass is 16.6. The lowest BCUT2D eigenvalue weighted by Crippen LogP contribution is -2.63. The number of ether oxygens (including phenoxy) is 5. The molecule has 368 valence electrons. The number of hydrogen-bond donors (Lipinski definition) is 4. The number of Topliss-reactive ketones (excluding diaryl/α,β-unsaturated/α-hetero) is 2. The quantitative estimate of drug-likeness (QED) is 0.180. The smallest absolute Gasteiger partial charge is 0.329 e. The third kappa shape index (κ3) is 14.5. The molecule has 3 fully saturated rings. The number of methoxy groups -OCH3 is 3. The summed E-state index contributed by atoms with van der Waals surface area (Å²) in [5.41, 5.74) is 1.30. The van der Waals surface area contributed by atoms with E-state index in [0.717, 1.165) is 12.0 Å². The van der Waals surface area contributed by atoms with E-state index in [1.807, 2.05) is 58.1 Å². The summed E-state index contributed by atoms with van der Waals surface area (Å²) in [5.74, 6) is -6.22. The maximum absolute atomic E-state index is 14.4. The van der Waals surface area contributed by atoms with Gasteiger partial charge < -0.3 is 49.0 Å². The molecule has 0 aromatic heterocycles. The number of cyclic esters (lactones) is 1. The van der Waals surface area contributed by atoms with E-state index in [4.69, 9.17) is 23.7 Å². The zero-order chi connectivity index (χ0) is 48.2. The maximum Gasteiger partial charge on any atom is 0.329 e. The summed E-state index contributed by atoms with van der Waals surface area (Å²) in [5, 5.41) is 45.7. The van der Waals surface area contributed by atoms with Crippen LogP contribution in [-0.4, -0.2) is 137 Å². The molecule has 1 saturated carbocycles. The van der Waals surface area contributed by atoms with Crippen LogP contribution in [0.5, 0.6) is 0 Å². The Bertz CT molecular complexity index is 1710. The van der Waals surface area contributed by atoms with Crippen LogP contribution in [0.15, 0.2) is 47.6 Å². The zero-order valence-electron chi connectivity index (χ0n) is 40.7. The molecule has 2 saturated heterocycles. The summed E-state index contributed by atoms with van der Waals surface area (Å²) < 4.78 is 29.5. The van der Waals surface area contributed by atoms with Crippen molar-refractivity contribution in [1.29, 1.82) is 0 Å². The maximum atomic E-state index is 14.4. The van der Waals surface area contributed by atoms with E-state index in [1.165, 1.54) is 12.0 Å². The topological polar surface area (TPSA) is 199 Å². The van der Waals surface area contributed by atoms with Crippen LogP contribution in [0.2, 0.25) is 0 Å². The van der Waals surface area contributed by atoms with Gasteiger partial charge in [0.05, 0.1) is 24.4 Å². The largest absolute Gasteiger partial charge is 0.460 e. The van der Waals surface area contributed by atoms with Gasteiger partial charge in [-0.2, -0.15) is 0 Å². The second-order valence-corrected chi connectivity index (χ2v) is 19.8. The lowest BCUT2D eigenvalue weighted by molar-refractivity contribution is -0.317. The highest BCUT2D eigenvalue weighted by Gasteiger charge is 2.53. The lowest BCUT2D eigenvalue weighted by Gasteiger charge is -2.46. The molecule has 0 spiro atoms. The van der Waals surface area contributed by atoms with Gasteiger partial charge in [-0.1, -0.05) is 71.1 Å². The van der Waals surface area contributed by atoms with Crippen LogP contribution >= 0.6 is 0 Å². The SMILES string of the molecule is CO[C@H]1C[C@@H]2CC[C@@H](C)[C@@](O)(O2)C(O)C(=O)N2CCCC[C@H]2C(=O)O[C@H](C(C)C[C@@H]2CC[C@@H](O)[C@H](OC)C2)CC(=O)[C@H](C)/C=C(\C)[C@@H](O)[C@@H](OC)C(=O)[C@H](C)C[C@H](C)/C=C/C=CC=C1C. The second-order valence-electron chi connectivity index (χ2n) is 19.8. The molecule has 14 nitrogen and oxygen atoms in total. The molecular weight excluding hydrogens is 835 g/mol. The van der Waals surface area contributed by atoms with Gasteiger partial charge in [0.15, 0.2) is 11.9 Å². The molecule has 4 N–H and O–H groups in total. The minimum Gasteiger partial charge on any atom is -0.460 e. The highest BCUT2D eigenvalue weighted by Crippen LogP contribution is 2.39. The van der Waals surface area contributed by atoms with Gasteiger partial charge in [0.2, 0.25) is 5.79 Å². The van der Waals surface area contributed by atoms with Gasteiger partial charge >= 0.3 is 5.97 Å². The summed E-state index contributed by atoms with van der Waals surface area (Å²) in [4.78, 5) is 57.8. The molecular formula is C51H81NO13. The lowest BCUT2D eigenvalue weighted by atomic mass is 9.78. The number of rotatable bonds is 6. The molecule has 3 heterocycles. The van der Waals surface area contributed by atoms with Gasteiger partial charge in [0.1, 0.15) is 30.1 Å². The average Bonchev–Trinajstić information content (AvgIpc) is 3.28. The minimum absolute atomic E-state index is 0.0264. The fourth-order valence-corrected chi connectivity index (χ4v) is 10.3. The molecule has 0 aromatic rings. The summed E-state index contributed by atoms with van der Waals surface area (Å²) >= 11 is 0. The Labute approximate surface area is 387 Å². The van der Waals surface area contributed by atoms with Crippen LogP contribution in [0, 0.1) is 35.5 Å². The van der Waals surface area contributed by atoms with Crippen molar-refractivity contribution in [2.24, 2.45) is 35.5 Å². The number of allylic oxidation sites excluding steroid dienone is 6. The van der Waals surface area contributed by atoms with Crippen LogP contribution in [0.4, 0.5) is 0 Å². The van der Waals surface area contributed by atoms with Crippen LogP contribution in [0.3, 0.4) is 0 Å². The number of carbonyl (C=O) groups excluding carboxylic acids is 4. The normalized spacial score (nSPS) is 40.2. The van der Waals surface area contributed by atoms with Crippen molar-refractivity contribution in [2.45, 2.75) is 186 Å². The van der Waals surface area contributed by atoms with E-state index < -0.39 is 78.1 Å². The Balaban J connectivity index is 1.70. The predicted molar refractivity (Wildman–Crippen MR) is 246 cm³/mol. The molecule has 1 amide bonds. The van der Waals surface area contributed by atoms with E-state index >= 15 is 0 Å². The Morgan fingerprint density at radius 3 is 2.25 bits per heavy atom. The fraction of sp³-hybridized carbons (Fsp3) is 0.765. The number of nitrogens with zero attached hydrogens (tertiary/aromatic N) is 1. The van der Waals surface area contributed by atoms with Gasteiger partial charge in [-0.25, -0.2) is 4.79 Å². The Hall–Kier alpha value is -3.08. The van der Waals surface area contributed by atoms with Gasteiger partial charge in [0.25, 0.3) is 5.91 Å². The van der Waals surface area contributed by atoms with E-state index in [2.05, 4.69) is 0 Å². The van der Waals surface area contributed by atoms with Crippen LogP contribution in [-0.2, 0) is 42.9 Å². The van der Waals surface area contributed by atoms with Crippen molar-refractivity contribution < 1.29 is 63.3 Å². The van der Waals surface area contributed by atoms with E-state index in [0.29, 0.717) is 63.4 Å². The zero-order valence-corrected chi connectivity index (χ0v) is 40.7. The Kier molecular flexibility index (Phi) is 21.3. The van der Waals surface area contributed by atoms with Crippen molar-refractivity contribution in [3.8, 4) is 0 Å². The first kappa shape index (κ1) is 54.5. The molecule has 16 atom stereocenters. The fourth-order valence-electron chi connectivity index (χ4n) is 10.3. The number of amides is 1. The minimum atomic E-state index is -2.23. The first-order chi connectivity index (χ1) is 30.7. The number of fused-ring (bicyclic) bond motifs is 3. The molecule has 0 aromatic carbocycles. The number of ketones is 2. The van der Waals surface area contributed by atoms with E-state index in [1.54, 1.807) is 41.1 Å². The third-order valence-corrected chi connectivity index (χ3v) is 14.7. The van der Waals surface area contributed by atoms with Crippen molar-refractivity contribution in [3.05, 3.63) is 47.6 Å². The number of aliphatic hydroxyl groups excluding tert-OH is 3. The summed E-state index contributed by atoms with van der Waals surface area (Å²) in [6, 6.07) is -1.08. The predicted octanol–water partition coefficient (Wildman–Crippen LogP) is 5.97. The van der Waals surface area contributed by atoms with Gasteiger partial charge in [-0.05, 0) is 107 Å². The summed E-state index contributed by atoms with van der Waals surface area (Å²) in [6.07, 6.45) is 9.72. The molecule has 2 bridgehead atoms. The van der Waals surface area contributed by atoms with Gasteiger partial charge in [0, 0.05) is 58.5 Å². The number of piperidine rings is 1. The third-order valence-electron chi connectivity index (χ3n) is 14.7. The Morgan fingerprint density at radius 1 is 0.846 bits per heavy atom. The van der Waals surface area contributed by atoms with Crippen molar-refractivity contribution in [1.82, 2.24) is 4.90 Å². The standard InChI is InChI=1S/C51H81NO13/c1-30-16-12-11-13-17-31(2)42(61-8)28-38-21-19-36(7)51(60,65-38)48(57)49(58)52-23-15-14-18-39(52)50(59)64-43(33(4)26-37-20-22-40(53)44(27-37)62-9)29-41(54)32(3)25-35(6)46(56)47(63-10)45(55)34(5)24-30/h11-13,16-17,25,30,32-34,36-40,42-44,46-48,53,56-57,60H,14-15,18-24,26-29H2,1-10H3/b13-11?,16-12+,31-17?,35-25+/t30-,32-,33?,34-,36-,37+,38+,39+,40-,42+,43+,44-,46-,47+,48?,51-/m1/s1. The molecule has 65 heavy (non-hydrogen) atoms. The van der Waals surface area contributed by atoms with Gasteiger partial charge in [-0.3, -0.25) is 14.4 Å². The number of hydrogen-bond acceptors (Lipinski definition) is 13. The Morgan fingerprint density at radius 2 is 1.57 bits per heavy atom. The molecule has 3 aliphatic heterocycles. The molecule has 4 aliphatic rings. The molecule has 0 radical (unpaired) electrons. The monoisotopic (exact) mass is 916 g/mol. The van der Waals surface area contributed by atoms with Crippen molar-refractivity contribution in [3.63, 3.8) is 0 Å². The van der Waals surface area contributed by atoms with E-state index in [9.17, 15) is 39.6 Å². The molecule has 14 heteroatoms. The number of aliphatic hydroxyl groups is 4. The first-order valence-corrected chi connectivity index (χ1v) is 24.1. The second kappa shape index (κ2) is 25.3. The summed E-state index contributed by atoms with van der Waals surface area (Å²) in [6.45, 7) is 12.9. The van der Waals surface area contributed by atoms with Crippen LogP contribution in [0.1, 0.15) is 126 Å². The van der Waals surface area contributed by atoms with Crippen molar-refractivity contribution >= 4 is 23.4 Å². The van der Waals surface area contributed by atoms with Crippen LogP contribution in [0.25, 0.3) is 0 Å². The highest BCUT2D eigenvalue weighted by molar-refractivity contribution is 5.89. The van der Waals surface area contributed by atoms with Crippen LogP contribution < -0.4 is 0 Å². The first-order valence-electron chi connectivity index (χ1n) is 24.1. The average molecular weight is 916 g/mol. The van der Waals surface area contributed by atoms with Gasteiger partial charge in [-0.15, -0.1) is 0 Å².